The number of fused-ring (bicyclic) bond motifs is 1. The maximum Gasteiger partial charge on any atom is 0.225 e. The van der Waals surface area contributed by atoms with E-state index in [-0.39, 0.29) is 5.92 Å². The van der Waals surface area contributed by atoms with Crippen LogP contribution in [0, 0.1) is 5.92 Å². The molecule has 25 heavy (non-hydrogen) atoms. The molecule has 1 amide bonds. The first-order valence-corrected chi connectivity index (χ1v) is 9.79. The van der Waals surface area contributed by atoms with Gasteiger partial charge >= 0.3 is 0 Å². The molecule has 2 heterocycles. The minimum Gasteiger partial charge on any atom is -0.356 e. The average Bonchev–Trinajstić information content (AvgIpc) is 2.65. The number of hydrogen-bond acceptors (Lipinski definition) is 4. The van der Waals surface area contributed by atoms with Gasteiger partial charge in [-0.2, -0.15) is 0 Å². The predicted molar refractivity (Wildman–Crippen MR) is 105 cm³/mol. The summed E-state index contributed by atoms with van der Waals surface area (Å²) in [5.74, 6) is 1.40. The van der Waals surface area contributed by atoms with Gasteiger partial charge in [0.1, 0.15) is 12.1 Å². The van der Waals surface area contributed by atoms with Crippen molar-refractivity contribution in [3.05, 3.63) is 29.0 Å². The van der Waals surface area contributed by atoms with E-state index in [0.29, 0.717) is 5.91 Å². The van der Waals surface area contributed by atoms with E-state index < -0.39 is 0 Å². The van der Waals surface area contributed by atoms with Crippen molar-refractivity contribution in [1.29, 1.82) is 0 Å². The SMILES string of the molecule is CCCCN(C)C(=O)C1CCN(c2ncnc3ccc(Br)cc23)CC1. The molecule has 2 aromatic rings. The Hall–Kier alpha value is -1.69. The number of anilines is 1. The lowest BCUT2D eigenvalue weighted by Gasteiger charge is -2.34. The summed E-state index contributed by atoms with van der Waals surface area (Å²) in [6, 6.07) is 6.07. The van der Waals surface area contributed by atoms with E-state index in [4.69, 9.17) is 0 Å². The third-order valence-corrected chi connectivity index (χ3v) is 5.44. The van der Waals surface area contributed by atoms with Crippen molar-refractivity contribution in [3.63, 3.8) is 0 Å². The molecule has 6 heteroatoms. The number of halogens is 1. The summed E-state index contributed by atoms with van der Waals surface area (Å²) >= 11 is 3.53. The lowest BCUT2D eigenvalue weighted by molar-refractivity contribution is -0.134. The maximum absolute atomic E-state index is 12.6. The van der Waals surface area contributed by atoms with Gasteiger partial charge in [-0.15, -0.1) is 0 Å². The molecule has 0 atom stereocenters. The Morgan fingerprint density at radius 2 is 2.08 bits per heavy atom. The number of aromatic nitrogens is 2. The molecule has 1 aromatic carbocycles. The minimum absolute atomic E-state index is 0.137. The van der Waals surface area contributed by atoms with Gasteiger partial charge in [-0.05, 0) is 37.5 Å². The number of benzene rings is 1. The van der Waals surface area contributed by atoms with Gasteiger partial charge < -0.3 is 9.80 Å². The van der Waals surface area contributed by atoms with Crippen molar-refractivity contribution in [2.75, 3.05) is 31.6 Å². The van der Waals surface area contributed by atoms with Crippen LogP contribution in [-0.2, 0) is 4.79 Å². The van der Waals surface area contributed by atoms with Crippen molar-refractivity contribution >= 4 is 38.6 Å². The van der Waals surface area contributed by atoms with Gasteiger partial charge in [-0.1, -0.05) is 29.3 Å². The molecule has 0 saturated carbocycles. The summed E-state index contributed by atoms with van der Waals surface area (Å²) in [5, 5.41) is 1.06. The van der Waals surface area contributed by atoms with Crippen LogP contribution in [0.1, 0.15) is 32.6 Å². The fourth-order valence-corrected chi connectivity index (χ4v) is 3.78. The molecule has 3 rings (SSSR count). The zero-order valence-electron chi connectivity index (χ0n) is 14.9. The van der Waals surface area contributed by atoms with Gasteiger partial charge in [0.25, 0.3) is 0 Å². The van der Waals surface area contributed by atoms with E-state index in [9.17, 15) is 4.79 Å². The molecule has 5 nitrogen and oxygen atoms in total. The average molecular weight is 405 g/mol. The number of carbonyl (C=O) groups is 1. The quantitative estimate of drug-likeness (QED) is 0.758. The first-order valence-electron chi connectivity index (χ1n) is 9.00. The summed E-state index contributed by atoms with van der Waals surface area (Å²) < 4.78 is 1.03. The Morgan fingerprint density at radius 1 is 1.32 bits per heavy atom. The number of hydrogen-bond donors (Lipinski definition) is 0. The zero-order chi connectivity index (χ0) is 17.8. The molecular weight excluding hydrogens is 380 g/mol. The number of amides is 1. The van der Waals surface area contributed by atoms with Gasteiger partial charge in [0.15, 0.2) is 0 Å². The Kier molecular flexibility index (Phi) is 5.89. The first-order chi connectivity index (χ1) is 12.1. The summed E-state index contributed by atoms with van der Waals surface area (Å²) in [7, 11) is 1.93. The number of piperidine rings is 1. The number of unbranched alkanes of at least 4 members (excludes halogenated alkanes) is 1. The molecule has 0 unspecified atom stereocenters. The summed E-state index contributed by atoms with van der Waals surface area (Å²) in [5.41, 5.74) is 0.950. The fourth-order valence-electron chi connectivity index (χ4n) is 3.42. The number of carbonyl (C=O) groups excluding carboxylic acids is 1. The van der Waals surface area contributed by atoms with Gasteiger partial charge in [-0.3, -0.25) is 4.79 Å². The lowest BCUT2D eigenvalue weighted by Crippen LogP contribution is -2.41. The number of nitrogens with zero attached hydrogens (tertiary/aromatic N) is 4. The molecule has 1 aromatic heterocycles. The van der Waals surface area contributed by atoms with Crippen molar-refractivity contribution in [2.24, 2.45) is 5.92 Å². The van der Waals surface area contributed by atoms with E-state index in [1.165, 1.54) is 0 Å². The third kappa shape index (κ3) is 4.11. The molecule has 1 aliphatic rings. The van der Waals surface area contributed by atoms with Crippen LogP contribution in [-0.4, -0.2) is 47.5 Å². The van der Waals surface area contributed by atoms with E-state index >= 15 is 0 Å². The van der Waals surface area contributed by atoms with Crippen molar-refractivity contribution in [1.82, 2.24) is 14.9 Å². The normalized spacial score (nSPS) is 15.6. The highest BCUT2D eigenvalue weighted by molar-refractivity contribution is 9.10. The van der Waals surface area contributed by atoms with Crippen LogP contribution in [0.25, 0.3) is 10.9 Å². The lowest BCUT2D eigenvalue weighted by atomic mass is 9.95. The highest BCUT2D eigenvalue weighted by Crippen LogP contribution is 2.29. The van der Waals surface area contributed by atoms with Gasteiger partial charge in [0.05, 0.1) is 5.52 Å². The molecule has 134 valence electrons. The van der Waals surface area contributed by atoms with Crippen LogP contribution in [0.15, 0.2) is 29.0 Å². The number of rotatable bonds is 5. The van der Waals surface area contributed by atoms with Crippen molar-refractivity contribution < 1.29 is 4.79 Å². The summed E-state index contributed by atoms with van der Waals surface area (Å²) in [4.78, 5) is 25.6. The van der Waals surface area contributed by atoms with E-state index in [1.807, 2.05) is 24.1 Å². The van der Waals surface area contributed by atoms with Crippen LogP contribution in [0.5, 0.6) is 0 Å². The maximum atomic E-state index is 12.6. The first kappa shape index (κ1) is 18.1. The van der Waals surface area contributed by atoms with Crippen molar-refractivity contribution in [2.45, 2.75) is 32.6 Å². The Morgan fingerprint density at radius 3 is 2.80 bits per heavy atom. The molecular formula is C19H25BrN4O. The molecule has 0 aliphatic carbocycles. The summed E-state index contributed by atoms with van der Waals surface area (Å²) in [6.45, 7) is 4.73. The van der Waals surface area contributed by atoms with Crippen LogP contribution < -0.4 is 4.90 Å². The second kappa shape index (κ2) is 8.13. The van der Waals surface area contributed by atoms with Crippen LogP contribution in [0.3, 0.4) is 0 Å². The van der Waals surface area contributed by atoms with E-state index in [0.717, 1.165) is 66.5 Å². The van der Waals surface area contributed by atoms with Crippen LogP contribution >= 0.6 is 15.9 Å². The molecule has 1 aliphatic heterocycles. The second-order valence-electron chi connectivity index (χ2n) is 6.73. The smallest absolute Gasteiger partial charge is 0.225 e. The minimum atomic E-state index is 0.137. The summed E-state index contributed by atoms with van der Waals surface area (Å²) in [6.07, 6.45) is 5.58. The van der Waals surface area contributed by atoms with Gasteiger partial charge in [0.2, 0.25) is 5.91 Å². The third-order valence-electron chi connectivity index (χ3n) is 4.94. The van der Waals surface area contributed by atoms with Gasteiger partial charge in [-0.25, -0.2) is 9.97 Å². The molecule has 1 saturated heterocycles. The predicted octanol–water partition coefficient (Wildman–Crippen LogP) is 3.87. The van der Waals surface area contributed by atoms with E-state index in [1.54, 1.807) is 6.33 Å². The molecule has 0 bridgehead atoms. The van der Waals surface area contributed by atoms with Crippen LogP contribution in [0.2, 0.25) is 0 Å². The highest BCUT2D eigenvalue weighted by atomic mass is 79.9. The second-order valence-corrected chi connectivity index (χ2v) is 7.65. The topological polar surface area (TPSA) is 49.3 Å². The Labute approximate surface area is 157 Å². The largest absolute Gasteiger partial charge is 0.356 e. The Bertz CT molecular complexity index is 743. The molecule has 1 fully saturated rings. The molecule has 0 N–H and O–H groups in total. The van der Waals surface area contributed by atoms with Crippen LogP contribution in [0.4, 0.5) is 5.82 Å². The molecule has 0 spiro atoms. The van der Waals surface area contributed by atoms with E-state index in [2.05, 4.69) is 43.8 Å². The van der Waals surface area contributed by atoms with Gasteiger partial charge in [0, 0.05) is 42.5 Å². The van der Waals surface area contributed by atoms with Crippen molar-refractivity contribution in [3.8, 4) is 0 Å². The fraction of sp³-hybridized carbons (Fsp3) is 0.526. The monoisotopic (exact) mass is 404 g/mol. The highest BCUT2D eigenvalue weighted by Gasteiger charge is 2.28. The standard InChI is InChI=1S/C19H25BrN4O/c1-3-4-9-23(2)19(25)14-7-10-24(11-8-14)18-16-12-15(20)5-6-17(16)21-13-22-18/h5-6,12-14H,3-4,7-11H2,1-2H3. The Balaban J connectivity index is 1.69. The molecule has 0 radical (unpaired) electrons. The zero-order valence-corrected chi connectivity index (χ0v) is 16.5.